The number of hydrogen-bond donors (Lipinski definition) is 3. The first kappa shape index (κ1) is 22.0. The average Bonchev–Trinajstić information content (AvgIpc) is 3.30. The van der Waals surface area contributed by atoms with Crippen LogP contribution in [0.4, 0.5) is 4.39 Å². The fourth-order valence-electron chi connectivity index (χ4n) is 8.33. The van der Waals surface area contributed by atoms with E-state index in [0.29, 0.717) is 12.8 Å². The number of aliphatic hydroxyl groups excluding tert-OH is 1. The van der Waals surface area contributed by atoms with Crippen LogP contribution in [-0.4, -0.2) is 42.8 Å². The van der Waals surface area contributed by atoms with E-state index in [1.54, 1.807) is 12.1 Å². The van der Waals surface area contributed by atoms with Gasteiger partial charge in [-0.3, -0.25) is 0 Å². The number of carboxylic acids is 1. The molecule has 3 N–H and O–H groups in total. The lowest BCUT2D eigenvalue weighted by molar-refractivity contribution is -0.193. The second kappa shape index (κ2) is 7.01. The van der Waals surface area contributed by atoms with Gasteiger partial charge in [-0.1, -0.05) is 19.4 Å². The molecular formula is C27H31FN2O4. The van der Waals surface area contributed by atoms with Crippen molar-refractivity contribution in [2.45, 2.75) is 64.1 Å². The smallest absolute Gasteiger partial charge is 0.336 e. The van der Waals surface area contributed by atoms with Crippen molar-refractivity contribution in [3.8, 4) is 5.69 Å². The van der Waals surface area contributed by atoms with Gasteiger partial charge in [0.05, 0.1) is 23.7 Å². The third-order valence-electron chi connectivity index (χ3n) is 10.0. The highest BCUT2D eigenvalue weighted by molar-refractivity contribution is 5.79. The third kappa shape index (κ3) is 2.68. The molecule has 7 atom stereocenters. The van der Waals surface area contributed by atoms with E-state index in [9.17, 15) is 24.5 Å². The van der Waals surface area contributed by atoms with Gasteiger partial charge >= 0.3 is 5.97 Å². The number of fused-ring (bicyclic) bond motifs is 6. The van der Waals surface area contributed by atoms with Gasteiger partial charge in [0.15, 0.2) is 5.60 Å². The maximum Gasteiger partial charge on any atom is 0.336 e. The molecule has 4 aliphatic carbocycles. The van der Waals surface area contributed by atoms with Crippen LogP contribution in [0.15, 0.2) is 36.0 Å². The Morgan fingerprint density at radius 1 is 1.21 bits per heavy atom. The maximum atomic E-state index is 13.4. The Balaban J connectivity index is 1.38. The number of benzene rings is 1. The first-order valence-corrected chi connectivity index (χ1v) is 12.3. The summed E-state index contributed by atoms with van der Waals surface area (Å²) in [6.45, 7) is 4.11. The highest BCUT2D eigenvalue weighted by Gasteiger charge is 2.68. The van der Waals surface area contributed by atoms with Gasteiger partial charge in [-0.05, 0) is 97.6 Å². The van der Waals surface area contributed by atoms with Gasteiger partial charge in [0, 0.05) is 5.41 Å². The Labute approximate surface area is 198 Å². The molecule has 6 nitrogen and oxygen atoms in total. The Morgan fingerprint density at radius 3 is 2.65 bits per heavy atom. The number of allylic oxidation sites excluding steroid dienone is 1. The van der Waals surface area contributed by atoms with Gasteiger partial charge in [-0.25, -0.2) is 13.9 Å². The van der Waals surface area contributed by atoms with Crippen molar-refractivity contribution < 1.29 is 24.5 Å². The number of aromatic nitrogens is 2. The van der Waals surface area contributed by atoms with Gasteiger partial charge in [-0.2, -0.15) is 5.10 Å². The van der Waals surface area contributed by atoms with Crippen LogP contribution in [0.2, 0.25) is 0 Å². The molecule has 1 aromatic carbocycles. The lowest BCUT2D eigenvalue weighted by Gasteiger charge is -2.60. The fourth-order valence-corrected chi connectivity index (χ4v) is 8.33. The normalized spacial score (nSPS) is 40.6. The Hall–Kier alpha value is -2.51. The molecule has 7 unspecified atom stereocenters. The summed E-state index contributed by atoms with van der Waals surface area (Å²) in [5.41, 5.74) is 1.35. The van der Waals surface area contributed by atoms with Gasteiger partial charge in [0.1, 0.15) is 5.82 Å². The fraction of sp³-hybridized carbons (Fsp3) is 0.556. The molecule has 180 valence electrons. The van der Waals surface area contributed by atoms with E-state index in [0.717, 1.165) is 36.2 Å². The van der Waals surface area contributed by atoms with Crippen molar-refractivity contribution in [1.29, 1.82) is 0 Å². The van der Waals surface area contributed by atoms with Crippen LogP contribution in [0.5, 0.6) is 0 Å². The van der Waals surface area contributed by atoms with E-state index in [1.165, 1.54) is 17.7 Å². The van der Waals surface area contributed by atoms with E-state index in [4.69, 9.17) is 0 Å². The standard InChI is InChI=1S/C27H31FN2O4/c1-25-12-15-14-29-30(18-6-4-17(28)5-7-18)21(15)11-16(25)3-8-19-20-9-10-27(34,24(32)33)26(20,2)13-22(31)23(19)25/h4-7,11,14,19-20,22-23,31,34H,3,8-10,12-13H2,1-2H3,(H,32,33). The number of nitrogens with zero attached hydrogens (tertiary/aromatic N) is 2. The number of aliphatic hydroxyl groups is 2. The zero-order valence-electron chi connectivity index (χ0n) is 19.5. The molecule has 4 aliphatic rings. The minimum absolute atomic E-state index is 0.00374. The molecule has 3 fully saturated rings. The monoisotopic (exact) mass is 466 g/mol. The van der Waals surface area contributed by atoms with Crippen molar-refractivity contribution in [1.82, 2.24) is 9.78 Å². The molecule has 6 rings (SSSR count). The summed E-state index contributed by atoms with van der Waals surface area (Å²) in [5, 5.41) is 37.1. The Morgan fingerprint density at radius 2 is 1.94 bits per heavy atom. The van der Waals surface area contributed by atoms with E-state index in [-0.39, 0.29) is 35.4 Å². The number of aliphatic carboxylic acids is 1. The van der Waals surface area contributed by atoms with Gasteiger partial charge in [0.25, 0.3) is 0 Å². The van der Waals surface area contributed by atoms with Crippen LogP contribution in [0.3, 0.4) is 0 Å². The molecule has 0 saturated heterocycles. The zero-order valence-corrected chi connectivity index (χ0v) is 19.5. The first-order chi connectivity index (χ1) is 16.1. The number of halogens is 1. The van der Waals surface area contributed by atoms with Gasteiger partial charge in [-0.15, -0.1) is 0 Å². The molecule has 7 heteroatoms. The molecule has 3 saturated carbocycles. The molecule has 0 aliphatic heterocycles. The van der Waals surface area contributed by atoms with E-state index in [2.05, 4.69) is 18.1 Å². The lowest BCUT2D eigenvalue weighted by atomic mass is 9.45. The molecule has 0 bridgehead atoms. The van der Waals surface area contributed by atoms with Gasteiger partial charge < -0.3 is 15.3 Å². The quantitative estimate of drug-likeness (QED) is 0.622. The molecule has 2 aromatic rings. The number of hydrogen-bond acceptors (Lipinski definition) is 4. The second-order valence-electron chi connectivity index (χ2n) is 11.4. The van der Waals surface area contributed by atoms with Crippen molar-refractivity contribution in [3.05, 3.63) is 53.1 Å². The summed E-state index contributed by atoms with van der Waals surface area (Å²) >= 11 is 0. The Kier molecular flexibility index (Phi) is 4.53. The summed E-state index contributed by atoms with van der Waals surface area (Å²) in [6, 6.07) is 6.32. The van der Waals surface area contributed by atoms with E-state index < -0.39 is 23.1 Å². The SMILES string of the molecule is CC12Cc3cnn(-c4ccc(F)cc4)c3C=C1CCC1C2C(O)CC2(C)C1CCC2(O)C(=O)O. The van der Waals surface area contributed by atoms with Crippen LogP contribution in [0.1, 0.15) is 57.2 Å². The van der Waals surface area contributed by atoms with Crippen molar-refractivity contribution in [2.75, 3.05) is 0 Å². The van der Waals surface area contributed by atoms with Crippen LogP contribution >= 0.6 is 0 Å². The topological polar surface area (TPSA) is 95.6 Å². The average molecular weight is 467 g/mol. The zero-order chi connectivity index (χ0) is 24.0. The number of rotatable bonds is 2. The van der Waals surface area contributed by atoms with E-state index in [1.807, 2.05) is 17.8 Å². The Bertz CT molecular complexity index is 1210. The van der Waals surface area contributed by atoms with Crippen molar-refractivity contribution in [3.63, 3.8) is 0 Å². The largest absolute Gasteiger partial charge is 0.479 e. The molecule has 1 heterocycles. The molecule has 1 aromatic heterocycles. The molecule has 0 spiro atoms. The van der Waals surface area contributed by atoms with Crippen molar-refractivity contribution in [2.24, 2.45) is 28.6 Å². The predicted molar refractivity (Wildman–Crippen MR) is 124 cm³/mol. The molecule has 0 radical (unpaired) electrons. The summed E-state index contributed by atoms with van der Waals surface area (Å²) in [7, 11) is 0. The summed E-state index contributed by atoms with van der Waals surface area (Å²) < 4.78 is 15.3. The first-order valence-electron chi connectivity index (χ1n) is 12.3. The second-order valence-corrected chi connectivity index (χ2v) is 11.4. The number of carboxylic acid groups (broad SMARTS) is 1. The molecular weight excluding hydrogens is 435 g/mol. The van der Waals surface area contributed by atoms with Crippen LogP contribution in [0, 0.1) is 34.4 Å². The van der Waals surface area contributed by atoms with Gasteiger partial charge in [0.2, 0.25) is 0 Å². The summed E-state index contributed by atoms with van der Waals surface area (Å²) in [5.74, 6) is -1.21. The predicted octanol–water partition coefficient (Wildman–Crippen LogP) is 3.98. The number of carbonyl (C=O) groups is 1. The highest BCUT2D eigenvalue weighted by Crippen LogP contribution is 2.67. The van der Waals surface area contributed by atoms with Crippen LogP contribution in [0.25, 0.3) is 11.8 Å². The van der Waals surface area contributed by atoms with E-state index >= 15 is 0 Å². The lowest BCUT2D eigenvalue weighted by Crippen LogP contribution is -2.61. The highest BCUT2D eigenvalue weighted by atomic mass is 19.1. The molecule has 34 heavy (non-hydrogen) atoms. The minimum atomic E-state index is -1.78. The van der Waals surface area contributed by atoms with Crippen LogP contribution < -0.4 is 0 Å². The van der Waals surface area contributed by atoms with Crippen LogP contribution in [-0.2, 0) is 11.2 Å². The maximum absolute atomic E-state index is 13.4. The summed E-state index contributed by atoms with van der Waals surface area (Å²) in [6.07, 6.45) is 7.11. The minimum Gasteiger partial charge on any atom is -0.479 e. The molecule has 0 amide bonds. The van der Waals surface area contributed by atoms with Crippen molar-refractivity contribution >= 4 is 12.0 Å². The summed E-state index contributed by atoms with van der Waals surface area (Å²) in [4.78, 5) is 12.0. The third-order valence-corrected chi connectivity index (χ3v) is 10.0.